The first-order valence-corrected chi connectivity index (χ1v) is 6.88. The zero-order valence-electron chi connectivity index (χ0n) is 12.6. The lowest BCUT2D eigenvalue weighted by Crippen LogP contribution is -2.27. The highest BCUT2D eigenvalue weighted by Crippen LogP contribution is 2.24. The maximum absolute atomic E-state index is 6.05. The largest absolute Gasteiger partial charge is 0.490 e. The van der Waals surface area contributed by atoms with Crippen LogP contribution in [-0.4, -0.2) is 18.7 Å². The minimum atomic E-state index is 0.246. The second kappa shape index (κ2) is 6.79. The molecule has 1 atom stereocenters. The maximum Gasteiger partial charge on any atom is 0.123 e. The van der Waals surface area contributed by atoms with Gasteiger partial charge in [-0.25, -0.2) is 0 Å². The molecule has 0 aliphatic rings. The SMILES string of the molecule is Cc1cc(C)c(C)c(OC(C)CCNC(C)C)c1. The van der Waals surface area contributed by atoms with Crippen LogP contribution in [0.4, 0.5) is 0 Å². The Balaban J connectivity index is 2.56. The van der Waals surface area contributed by atoms with E-state index in [1.54, 1.807) is 0 Å². The second-order valence-corrected chi connectivity index (χ2v) is 5.53. The number of hydrogen-bond donors (Lipinski definition) is 1. The third-order valence-corrected chi connectivity index (χ3v) is 3.20. The van der Waals surface area contributed by atoms with Gasteiger partial charge in [0.2, 0.25) is 0 Å². The fourth-order valence-electron chi connectivity index (χ4n) is 1.97. The van der Waals surface area contributed by atoms with Crippen molar-refractivity contribution in [3.63, 3.8) is 0 Å². The van der Waals surface area contributed by atoms with Gasteiger partial charge in [-0.1, -0.05) is 19.9 Å². The molecule has 1 aromatic carbocycles. The first kappa shape index (κ1) is 15.0. The van der Waals surface area contributed by atoms with E-state index in [0.29, 0.717) is 6.04 Å². The van der Waals surface area contributed by atoms with Crippen LogP contribution in [0.15, 0.2) is 12.1 Å². The van der Waals surface area contributed by atoms with E-state index in [1.165, 1.54) is 16.7 Å². The summed E-state index contributed by atoms with van der Waals surface area (Å²) in [6, 6.07) is 4.88. The van der Waals surface area contributed by atoms with Crippen LogP contribution in [0.5, 0.6) is 5.75 Å². The Morgan fingerprint density at radius 3 is 2.39 bits per heavy atom. The summed E-state index contributed by atoms with van der Waals surface area (Å²) in [6.07, 6.45) is 1.28. The highest BCUT2D eigenvalue weighted by molar-refractivity contribution is 5.42. The molecule has 0 heterocycles. The molecule has 0 spiro atoms. The minimum Gasteiger partial charge on any atom is -0.490 e. The van der Waals surface area contributed by atoms with E-state index >= 15 is 0 Å². The van der Waals surface area contributed by atoms with Crippen molar-refractivity contribution in [2.75, 3.05) is 6.54 Å². The third kappa shape index (κ3) is 4.69. The Kier molecular flexibility index (Phi) is 5.67. The summed E-state index contributed by atoms with van der Waals surface area (Å²) in [5, 5.41) is 3.42. The number of nitrogens with one attached hydrogen (secondary N) is 1. The molecule has 18 heavy (non-hydrogen) atoms. The van der Waals surface area contributed by atoms with Gasteiger partial charge in [-0.05, 0) is 63.4 Å². The van der Waals surface area contributed by atoms with Crippen LogP contribution in [0.1, 0.15) is 43.9 Å². The Labute approximate surface area is 112 Å². The van der Waals surface area contributed by atoms with Crippen LogP contribution in [-0.2, 0) is 0 Å². The van der Waals surface area contributed by atoms with E-state index in [0.717, 1.165) is 18.7 Å². The summed E-state index contributed by atoms with van der Waals surface area (Å²) in [4.78, 5) is 0. The van der Waals surface area contributed by atoms with Gasteiger partial charge in [0.1, 0.15) is 5.75 Å². The van der Waals surface area contributed by atoms with Crippen molar-refractivity contribution in [1.82, 2.24) is 5.32 Å². The van der Waals surface area contributed by atoms with Crippen LogP contribution >= 0.6 is 0 Å². The monoisotopic (exact) mass is 249 g/mol. The molecule has 0 bridgehead atoms. The van der Waals surface area contributed by atoms with Crippen molar-refractivity contribution < 1.29 is 4.74 Å². The number of aryl methyl sites for hydroxylation is 2. The first-order chi connectivity index (χ1) is 8.40. The number of benzene rings is 1. The van der Waals surface area contributed by atoms with Gasteiger partial charge < -0.3 is 10.1 Å². The average Bonchev–Trinajstić information content (AvgIpc) is 2.24. The standard InChI is InChI=1S/C16H27NO/c1-11(2)17-8-7-14(5)18-16-10-12(3)9-13(4)15(16)6/h9-11,14,17H,7-8H2,1-6H3. The van der Waals surface area contributed by atoms with Crippen LogP contribution < -0.4 is 10.1 Å². The molecule has 1 N–H and O–H groups in total. The molecule has 0 saturated carbocycles. The Morgan fingerprint density at radius 1 is 1.11 bits per heavy atom. The predicted octanol–water partition coefficient (Wildman–Crippen LogP) is 3.77. The molecule has 2 heteroatoms. The van der Waals surface area contributed by atoms with Gasteiger partial charge in [-0.15, -0.1) is 0 Å². The highest BCUT2D eigenvalue weighted by Gasteiger charge is 2.08. The van der Waals surface area contributed by atoms with E-state index in [9.17, 15) is 0 Å². The molecule has 0 aliphatic carbocycles. The molecule has 102 valence electrons. The zero-order chi connectivity index (χ0) is 13.7. The van der Waals surface area contributed by atoms with Crippen LogP contribution in [0.2, 0.25) is 0 Å². The van der Waals surface area contributed by atoms with Gasteiger partial charge in [-0.3, -0.25) is 0 Å². The summed E-state index contributed by atoms with van der Waals surface area (Å²) in [5.41, 5.74) is 3.82. The lowest BCUT2D eigenvalue weighted by molar-refractivity contribution is 0.207. The molecule has 1 rings (SSSR count). The van der Waals surface area contributed by atoms with Crippen molar-refractivity contribution in [3.8, 4) is 5.75 Å². The van der Waals surface area contributed by atoms with Gasteiger partial charge in [0.25, 0.3) is 0 Å². The molecular weight excluding hydrogens is 222 g/mol. The van der Waals surface area contributed by atoms with E-state index in [4.69, 9.17) is 4.74 Å². The Hall–Kier alpha value is -1.02. The molecule has 1 unspecified atom stereocenters. The smallest absolute Gasteiger partial charge is 0.123 e. The molecule has 0 amide bonds. The first-order valence-electron chi connectivity index (χ1n) is 6.88. The molecule has 0 saturated heterocycles. The van der Waals surface area contributed by atoms with Gasteiger partial charge in [0.05, 0.1) is 6.10 Å². The maximum atomic E-state index is 6.05. The molecular formula is C16H27NO. The lowest BCUT2D eigenvalue weighted by Gasteiger charge is -2.19. The van der Waals surface area contributed by atoms with Crippen LogP contribution in [0.25, 0.3) is 0 Å². The van der Waals surface area contributed by atoms with Gasteiger partial charge >= 0.3 is 0 Å². The summed E-state index contributed by atoms with van der Waals surface area (Å²) in [6.45, 7) is 13.9. The van der Waals surface area contributed by atoms with Gasteiger partial charge in [0, 0.05) is 6.04 Å². The predicted molar refractivity (Wildman–Crippen MR) is 78.5 cm³/mol. The Bertz CT molecular complexity index is 385. The highest BCUT2D eigenvalue weighted by atomic mass is 16.5. The summed E-state index contributed by atoms with van der Waals surface area (Å²) < 4.78 is 6.05. The third-order valence-electron chi connectivity index (χ3n) is 3.20. The Morgan fingerprint density at radius 2 is 1.78 bits per heavy atom. The van der Waals surface area contributed by atoms with Crippen molar-refractivity contribution in [1.29, 1.82) is 0 Å². The van der Waals surface area contributed by atoms with Crippen molar-refractivity contribution in [2.45, 2.75) is 60.1 Å². The van der Waals surface area contributed by atoms with Crippen LogP contribution in [0, 0.1) is 20.8 Å². The van der Waals surface area contributed by atoms with E-state index < -0.39 is 0 Å². The molecule has 0 aliphatic heterocycles. The number of rotatable bonds is 6. The van der Waals surface area contributed by atoms with E-state index in [1.807, 2.05) is 0 Å². The fourth-order valence-corrected chi connectivity index (χ4v) is 1.97. The zero-order valence-corrected chi connectivity index (χ0v) is 12.6. The average molecular weight is 249 g/mol. The van der Waals surface area contributed by atoms with E-state index in [2.05, 4.69) is 59.0 Å². The fraction of sp³-hybridized carbons (Fsp3) is 0.625. The van der Waals surface area contributed by atoms with Crippen molar-refractivity contribution in [2.24, 2.45) is 0 Å². The topological polar surface area (TPSA) is 21.3 Å². The summed E-state index contributed by atoms with van der Waals surface area (Å²) >= 11 is 0. The summed E-state index contributed by atoms with van der Waals surface area (Å²) in [7, 11) is 0. The van der Waals surface area contributed by atoms with Gasteiger partial charge in [-0.2, -0.15) is 0 Å². The van der Waals surface area contributed by atoms with Crippen molar-refractivity contribution in [3.05, 3.63) is 28.8 Å². The van der Waals surface area contributed by atoms with Crippen molar-refractivity contribution >= 4 is 0 Å². The van der Waals surface area contributed by atoms with E-state index in [-0.39, 0.29) is 6.10 Å². The second-order valence-electron chi connectivity index (χ2n) is 5.53. The minimum absolute atomic E-state index is 0.246. The normalized spacial score (nSPS) is 12.8. The molecule has 0 fully saturated rings. The quantitative estimate of drug-likeness (QED) is 0.828. The number of hydrogen-bond acceptors (Lipinski definition) is 2. The molecule has 0 radical (unpaired) electrons. The molecule has 1 aromatic rings. The van der Waals surface area contributed by atoms with Crippen LogP contribution in [0.3, 0.4) is 0 Å². The lowest BCUT2D eigenvalue weighted by atomic mass is 10.1. The molecule has 2 nitrogen and oxygen atoms in total. The van der Waals surface area contributed by atoms with Gasteiger partial charge in [0.15, 0.2) is 0 Å². The number of ether oxygens (including phenoxy) is 1. The molecule has 0 aromatic heterocycles. The summed E-state index contributed by atoms with van der Waals surface area (Å²) in [5.74, 6) is 1.03.